The second-order valence-corrected chi connectivity index (χ2v) is 8.08. The maximum Gasteiger partial charge on any atom is 0.220 e. The van der Waals surface area contributed by atoms with E-state index >= 15 is 0 Å². The maximum absolute atomic E-state index is 11.9. The molecule has 0 saturated carbocycles. The van der Waals surface area contributed by atoms with Crippen molar-refractivity contribution in [3.8, 4) is 0 Å². The molecule has 6 nitrogen and oxygen atoms in total. The predicted octanol–water partition coefficient (Wildman–Crippen LogP) is 3.23. The molecule has 0 spiro atoms. The van der Waals surface area contributed by atoms with E-state index in [0.717, 1.165) is 19.4 Å². The van der Waals surface area contributed by atoms with E-state index in [1.54, 1.807) is 0 Å². The Balaban J connectivity index is 1.88. The molecule has 1 amide bonds. The van der Waals surface area contributed by atoms with Crippen molar-refractivity contribution >= 4 is 5.91 Å². The Morgan fingerprint density at radius 2 is 1.32 bits per heavy atom. The lowest BCUT2D eigenvalue weighted by atomic mass is 10.00. The number of hydrogen-bond acceptors (Lipinski definition) is 5. The second kappa shape index (κ2) is 16.1. The van der Waals surface area contributed by atoms with Crippen molar-refractivity contribution in [2.75, 3.05) is 6.54 Å². The molecule has 165 valence electrons. The number of nitrogens with one attached hydrogen (secondary N) is 1. The van der Waals surface area contributed by atoms with Gasteiger partial charge in [-0.3, -0.25) is 4.79 Å². The average Bonchev–Trinajstić information content (AvgIpc) is 2.69. The van der Waals surface area contributed by atoms with Crippen molar-refractivity contribution in [1.82, 2.24) is 5.32 Å². The molecular formula is C22H42NO5. The van der Waals surface area contributed by atoms with Crippen molar-refractivity contribution < 1.29 is 24.9 Å². The first-order chi connectivity index (χ1) is 13.6. The largest absolute Gasteiger partial charge is 0.388 e. The van der Waals surface area contributed by atoms with Crippen LogP contribution in [0.1, 0.15) is 96.8 Å². The molecule has 6 heteroatoms. The summed E-state index contributed by atoms with van der Waals surface area (Å²) in [5, 5.41) is 31.5. The second-order valence-electron chi connectivity index (χ2n) is 8.08. The van der Waals surface area contributed by atoms with Gasteiger partial charge in [0.1, 0.15) is 31.0 Å². The molecule has 0 aromatic heterocycles. The van der Waals surface area contributed by atoms with E-state index in [2.05, 4.69) is 12.2 Å². The van der Waals surface area contributed by atoms with Gasteiger partial charge in [0, 0.05) is 13.0 Å². The Labute approximate surface area is 171 Å². The number of carbonyl (C=O) groups is 1. The summed E-state index contributed by atoms with van der Waals surface area (Å²) in [6.45, 7) is 3.47. The minimum Gasteiger partial charge on any atom is -0.388 e. The third-order valence-electron chi connectivity index (χ3n) is 5.48. The molecule has 1 saturated heterocycles. The first-order valence-corrected chi connectivity index (χ1v) is 11.4. The summed E-state index contributed by atoms with van der Waals surface area (Å²) < 4.78 is 5.15. The van der Waals surface area contributed by atoms with Crippen molar-refractivity contribution in [3.63, 3.8) is 0 Å². The Morgan fingerprint density at radius 1 is 0.821 bits per heavy atom. The zero-order valence-corrected chi connectivity index (χ0v) is 17.7. The Hall–Kier alpha value is -0.690. The van der Waals surface area contributed by atoms with E-state index in [1.807, 2.05) is 0 Å². The fourth-order valence-electron chi connectivity index (χ4n) is 3.54. The van der Waals surface area contributed by atoms with Gasteiger partial charge in [-0.15, -0.1) is 0 Å². The number of amides is 1. The number of hydrogen-bond donors (Lipinski definition) is 4. The number of aliphatic hydroxyl groups is 3. The van der Waals surface area contributed by atoms with Gasteiger partial charge in [0.05, 0.1) is 0 Å². The van der Waals surface area contributed by atoms with Crippen LogP contribution in [-0.2, 0) is 9.53 Å². The molecule has 0 aromatic carbocycles. The van der Waals surface area contributed by atoms with Crippen molar-refractivity contribution in [2.45, 2.75) is 121 Å². The van der Waals surface area contributed by atoms with Crippen LogP contribution in [-0.4, -0.2) is 52.2 Å². The van der Waals surface area contributed by atoms with Gasteiger partial charge in [0.15, 0.2) is 0 Å². The monoisotopic (exact) mass is 400 g/mol. The van der Waals surface area contributed by atoms with E-state index < -0.39 is 24.4 Å². The van der Waals surface area contributed by atoms with E-state index in [9.17, 15) is 20.1 Å². The molecule has 0 aromatic rings. The normalized spacial score (nSPS) is 25.0. The number of aliphatic hydroxyl groups excluding tert-OH is 3. The summed E-state index contributed by atoms with van der Waals surface area (Å²) in [7, 11) is 0. The molecule has 0 unspecified atom stereocenters. The van der Waals surface area contributed by atoms with Gasteiger partial charge in [-0.2, -0.15) is 0 Å². The fraction of sp³-hybridized carbons (Fsp3) is 0.909. The van der Waals surface area contributed by atoms with Crippen LogP contribution in [0.5, 0.6) is 0 Å². The summed E-state index contributed by atoms with van der Waals surface area (Å²) in [6, 6.07) is 0. The first kappa shape index (κ1) is 25.3. The van der Waals surface area contributed by atoms with E-state index in [1.165, 1.54) is 70.6 Å². The van der Waals surface area contributed by atoms with Crippen LogP contribution < -0.4 is 5.32 Å². The lowest BCUT2D eigenvalue weighted by molar-refractivity contribution is -0.160. The summed E-state index contributed by atoms with van der Waals surface area (Å²) in [5.41, 5.74) is 0. The topological polar surface area (TPSA) is 99.0 Å². The summed E-state index contributed by atoms with van der Waals surface area (Å²) in [6.07, 6.45) is 12.6. The van der Waals surface area contributed by atoms with Crippen LogP contribution >= 0.6 is 0 Å². The quantitative estimate of drug-likeness (QED) is 0.298. The summed E-state index contributed by atoms with van der Waals surface area (Å²) >= 11 is 0. The molecular weight excluding hydrogens is 358 g/mol. The van der Waals surface area contributed by atoms with Gasteiger partial charge in [-0.25, -0.2) is 0 Å². The molecule has 0 aliphatic carbocycles. The van der Waals surface area contributed by atoms with Crippen LogP contribution in [0, 0.1) is 6.61 Å². The van der Waals surface area contributed by atoms with Gasteiger partial charge in [0.2, 0.25) is 5.91 Å². The zero-order valence-electron chi connectivity index (χ0n) is 17.7. The maximum atomic E-state index is 11.9. The highest BCUT2D eigenvalue weighted by molar-refractivity contribution is 5.75. The molecule has 4 N–H and O–H groups in total. The number of ether oxygens (including phenoxy) is 1. The molecule has 4 atom stereocenters. The third-order valence-corrected chi connectivity index (χ3v) is 5.48. The number of carbonyl (C=O) groups excluding carboxylic acids is 1. The minimum absolute atomic E-state index is 0.0699. The summed E-state index contributed by atoms with van der Waals surface area (Å²) in [4.78, 5) is 11.9. The highest BCUT2D eigenvalue weighted by Crippen LogP contribution is 2.18. The van der Waals surface area contributed by atoms with Crippen LogP contribution in [0.4, 0.5) is 0 Å². The molecule has 0 bridgehead atoms. The molecule has 1 rings (SSSR count). The molecule has 1 heterocycles. The Morgan fingerprint density at radius 3 is 1.86 bits per heavy atom. The highest BCUT2D eigenvalue weighted by atomic mass is 16.5. The number of rotatable bonds is 16. The number of unbranched alkanes of at least 4 members (excludes halogenated alkanes) is 12. The Kier molecular flexibility index (Phi) is 14.6. The smallest absolute Gasteiger partial charge is 0.220 e. The first-order valence-electron chi connectivity index (χ1n) is 11.4. The van der Waals surface area contributed by atoms with Crippen molar-refractivity contribution in [1.29, 1.82) is 0 Å². The van der Waals surface area contributed by atoms with Gasteiger partial charge in [-0.1, -0.05) is 84.0 Å². The van der Waals surface area contributed by atoms with Gasteiger partial charge in [0.25, 0.3) is 0 Å². The van der Waals surface area contributed by atoms with E-state index in [-0.39, 0.29) is 12.5 Å². The van der Waals surface area contributed by atoms with Crippen LogP contribution in [0.25, 0.3) is 0 Å². The third kappa shape index (κ3) is 11.3. The van der Waals surface area contributed by atoms with Gasteiger partial charge < -0.3 is 25.4 Å². The average molecular weight is 401 g/mol. The van der Waals surface area contributed by atoms with Gasteiger partial charge >= 0.3 is 0 Å². The van der Waals surface area contributed by atoms with Crippen molar-refractivity contribution in [3.05, 3.63) is 6.61 Å². The van der Waals surface area contributed by atoms with E-state index in [4.69, 9.17) is 4.74 Å². The lowest BCUT2D eigenvalue weighted by Crippen LogP contribution is -2.54. The Bertz CT molecular complexity index is 393. The van der Waals surface area contributed by atoms with Crippen LogP contribution in [0.2, 0.25) is 0 Å². The highest BCUT2D eigenvalue weighted by Gasteiger charge is 2.37. The molecule has 1 aliphatic rings. The summed E-state index contributed by atoms with van der Waals surface area (Å²) in [5.74, 6) is -0.0699. The lowest BCUT2D eigenvalue weighted by Gasteiger charge is -2.34. The standard InChI is InChI=1S/C22H42NO5/c1-2-3-4-5-6-7-8-9-10-11-12-13-14-15-20(25)23-16-19-22(27)21(26)18(24)17-28-19/h17-19,21-22,24,26-27H,2-16H2,1H3,(H,23,25)/t18-,19+,21+,22+/m0/s1. The SMILES string of the molecule is CCCCCCCCCCCCCCCC(=O)NC[C@H]1O[CH][C@H](O)[C@@H](O)[C@@H]1O. The molecule has 1 aliphatic heterocycles. The zero-order chi connectivity index (χ0) is 20.6. The molecule has 1 fully saturated rings. The van der Waals surface area contributed by atoms with Crippen LogP contribution in [0.15, 0.2) is 0 Å². The fourth-order valence-corrected chi connectivity index (χ4v) is 3.54. The van der Waals surface area contributed by atoms with Crippen LogP contribution in [0.3, 0.4) is 0 Å². The molecule has 1 radical (unpaired) electrons. The molecule has 28 heavy (non-hydrogen) atoms. The van der Waals surface area contributed by atoms with E-state index in [0.29, 0.717) is 6.42 Å². The minimum atomic E-state index is -1.28. The predicted molar refractivity (Wildman–Crippen MR) is 111 cm³/mol. The van der Waals surface area contributed by atoms with Crippen molar-refractivity contribution in [2.24, 2.45) is 0 Å². The van der Waals surface area contributed by atoms with Gasteiger partial charge in [-0.05, 0) is 6.42 Å².